The highest BCUT2D eigenvalue weighted by molar-refractivity contribution is 5.30. The second-order valence-corrected chi connectivity index (χ2v) is 5.26. The predicted octanol–water partition coefficient (Wildman–Crippen LogP) is 3.58. The van der Waals surface area contributed by atoms with E-state index in [9.17, 15) is 13.2 Å². The maximum atomic E-state index is 12.8. The van der Waals surface area contributed by atoms with Crippen LogP contribution in [0.5, 0.6) is 0 Å². The second-order valence-electron chi connectivity index (χ2n) is 5.26. The zero-order valence-electron chi connectivity index (χ0n) is 10.9. The Morgan fingerprint density at radius 2 is 1.79 bits per heavy atom. The molecule has 2 heterocycles. The summed E-state index contributed by atoms with van der Waals surface area (Å²) in [6.45, 7) is 5.51. The highest BCUT2D eigenvalue weighted by atomic mass is 19.4. The molecule has 0 fully saturated rings. The average Bonchev–Trinajstić information content (AvgIpc) is 2.74. The van der Waals surface area contributed by atoms with Crippen LogP contribution >= 0.6 is 0 Å². The second kappa shape index (κ2) is 4.36. The summed E-state index contributed by atoms with van der Waals surface area (Å²) in [6.07, 6.45) is -2.93. The molecule has 0 aliphatic carbocycles. The first-order chi connectivity index (χ1) is 8.69. The number of halogens is 3. The third-order valence-corrected chi connectivity index (χ3v) is 2.63. The topological polar surface area (TPSA) is 30.7 Å². The van der Waals surface area contributed by atoms with Crippen molar-refractivity contribution in [2.45, 2.75) is 32.4 Å². The minimum atomic E-state index is -4.46. The molecular weight excluding hydrogens is 255 g/mol. The fourth-order valence-electron chi connectivity index (χ4n) is 1.71. The van der Waals surface area contributed by atoms with E-state index in [4.69, 9.17) is 0 Å². The van der Waals surface area contributed by atoms with Gasteiger partial charge in [-0.15, -0.1) is 0 Å². The zero-order chi connectivity index (χ0) is 14.3. The molecule has 0 aromatic carbocycles. The molecular formula is C13H14F3N3. The average molecular weight is 269 g/mol. The minimum Gasteiger partial charge on any atom is -0.237 e. The van der Waals surface area contributed by atoms with Crippen LogP contribution in [0.3, 0.4) is 0 Å². The molecule has 0 saturated carbocycles. The van der Waals surface area contributed by atoms with Gasteiger partial charge in [0, 0.05) is 11.6 Å². The summed E-state index contributed by atoms with van der Waals surface area (Å²) in [5.74, 6) is 0.378. The minimum absolute atomic E-state index is 0.378. The lowest BCUT2D eigenvalue weighted by atomic mass is 9.92. The molecule has 102 valence electrons. The van der Waals surface area contributed by atoms with Crippen LogP contribution in [0.15, 0.2) is 30.5 Å². The molecule has 0 spiro atoms. The van der Waals surface area contributed by atoms with E-state index >= 15 is 0 Å². The molecule has 0 aliphatic rings. The van der Waals surface area contributed by atoms with Crippen LogP contribution in [0.25, 0.3) is 5.82 Å². The fourth-order valence-corrected chi connectivity index (χ4v) is 1.71. The number of pyridine rings is 1. The molecule has 0 aliphatic heterocycles. The van der Waals surface area contributed by atoms with Crippen LogP contribution in [-0.4, -0.2) is 14.8 Å². The van der Waals surface area contributed by atoms with Gasteiger partial charge in [0.05, 0.1) is 5.69 Å². The van der Waals surface area contributed by atoms with E-state index in [2.05, 4.69) is 10.1 Å². The molecule has 0 amide bonds. The van der Waals surface area contributed by atoms with E-state index in [0.29, 0.717) is 11.5 Å². The third-order valence-electron chi connectivity index (χ3n) is 2.63. The Bertz CT molecular complexity index is 565. The van der Waals surface area contributed by atoms with Gasteiger partial charge in [-0.3, -0.25) is 0 Å². The van der Waals surface area contributed by atoms with E-state index in [1.165, 1.54) is 10.9 Å². The van der Waals surface area contributed by atoms with Crippen molar-refractivity contribution >= 4 is 0 Å². The molecule has 2 rings (SSSR count). The van der Waals surface area contributed by atoms with Crippen molar-refractivity contribution in [3.63, 3.8) is 0 Å². The van der Waals surface area contributed by atoms with Gasteiger partial charge >= 0.3 is 6.18 Å². The van der Waals surface area contributed by atoms with E-state index in [-0.39, 0.29) is 0 Å². The summed E-state index contributed by atoms with van der Waals surface area (Å²) < 4.78 is 39.6. The van der Waals surface area contributed by atoms with Crippen LogP contribution in [0.1, 0.15) is 32.2 Å². The van der Waals surface area contributed by atoms with Crippen LogP contribution in [0, 0.1) is 0 Å². The van der Waals surface area contributed by atoms with Gasteiger partial charge in [0.1, 0.15) is 0 Å². The Hall–Kier alpha value is -1.85. The number of hydrogen-bond donors (Lipinski definition) is 0. The lowest BCUT2D eigenvalue weighted by Crippen LogP contribution is -2.17. The molecule has 0 saturated heterocycles. The third kappa shape index (κ3) is 2.77. The van der Waals surface area contributed by atoms with Gasteiger partial charge in [-0.1, -0.05) is 26.8 Å². The first kappa shape index (κ1) is 13.6. The van der Waals surface area contributed by atoms with E-state index in [1.54, 1.807) is 18.2 Å². The molecule has 2 aromatic rings. The molecule has 0 unspecified atom stereocenters. The molecule has 0 atom stereocenters. The lowest BCUT2D eigenvalue weighted by Gasteiger charge is -2.19. The van der Waals surface area contributed by atoms with Gasteiger partial charge in [-0.25, -0.2) is 9.67 Å². The lowest BCUT2D eigenvalue weighted by molar-refractivity contribution is -0.141. The molecule has 3 nitrogen and oxygen atoms in total. The van der Waals surface area contributed by atoms with Crippen molar-refractivity contribution < 1.29 is 13.2 Å². The SMILES string of the molecule is CC(C)(C)c1cc(C(F)(F)F)nn1-c1ccccn1. The highest BCUT2D eigenvalue weighted by Gasteiger charge is 2.36. The van der Waals surface area contributed by atoms with Gasteiger partial charge < -0.3 is 0 Å². The quantitative estimate of drug-likeness (QED) is 0.792. The zero-order valence-corrected chi connectivity index (χ0v) is 10.9. The van der Waals surface area contributed by atoms with E-state index in [1.807, 2.05) is 20.8 Å². The fraction of sp³-hybridized carbons (Fsp3) is 0.385. The van der Waals surface area contributed by atoms with Crippen molar-refractivity contribution in [2.24, 2.45) is 0 Å². The number of alkyl halides is 3. The maximum absolute atomic E-state index is 12.8. The van der Waals surface area contributed by atoms with Gasteiger partial charge in [-0.2, -0.15) is 18.3 Å². The van der Waals surface area contributed by atoms with Crippen LogP contribution < -0.4 is 0 Å². The highest BCUT2D eigenvalue weighted by Crippen LogP contribution is 2.33. The van der Waals surface area contributed by atoms with Crippen molar-refractivity contribution in [3.8, 4) is 5.82 Å². The molecule has 0 bridgehead atoms. The standard InChI is InChI=1S/C13H14F3N3/c1-12(2,3)10-8-9(13(14,15)16)18-19(10)11-6-4-5-7-17-11/h4-8H,1-3H3. The summed E-state index contributed by atoms with van der Waals surface area (Å²) in [5.41, 5.74) is -0.893. The maximum Gasteiger partial charge on any atom is 0.435 e. The summed E-state index contributed by atoms with van der Waals surface area (Å²) >= 11 is 0. The van der Waals surface area contributed by atoms with E-state index < -0.39 is 17.3 Å². The Balaban J connectivity index is 2.63. The monoisotopic (exact) mass is 269 g/mol. The largest absolute Gasteiger partial charge is 0.435 e. The van der Waals surface area contributed by atoms with Gasteiger partial charge in [0.2, 0.25) is 0 Å². The Kier molecular flexibility index (Phi) is 3.12. The summed E-state index contributed by atoms with van der Waals surface area (Å²) in [4.78, 5) is 4.05. The van der Waals surface area contributed by atoms with Crippen LogP contribution in [-0.2, 0) is 11.6 Å². The van der Waals surface area contributed by atoms with Crippen LogP contribution in [0.4, 0.5) is 13.2 Å². The summed E-state index contributed by atoms with van der Waals surface area (Å²) in [5, 5.41) is 3.65. The number of aromatic nitrogens is 3. The van der Waals surface area contributed by atoms with Crippen molar-refractivity contribution in [1.82, 2.24) is 14.8 Å². The Morgan fingerprint density at radius 3 is 2.26 bits per heavy atom. The van der Waals surface area contributed by atoms with Crippen LogP contribution in [0.2, 0.25) is 0 Å². The van der Waals surface area contributed by atoms with Gasteiger partial charge in [-0.05, 0) is 18.2 Å². The number of nitrogens with zero attached hydrogens (tertiary/aromatic N) is 3. The molecule has 2 aromatic heterocycles. The van der Waals surface area contributed by atoms with E-state index in [0.717, 1.165) is 6.07 Å². The number of hydrogen-bond acceptors (Lipinski definition) is 2. The number of rotatable bonds is 1. The Morgan fingerprint density at radius 1 is 1.11 bits per heavy atom. The molecule has 19 heavy (non-hydrogen) atoms. The van der Waals surface area contributed by atoms with Gasteiger partial charge in [0.25, 0.3) is 0 Å². The molecule has 6 heteroatoms. The smallest absolute Gasteiger partial charge is 0.237 e. The van der Waals surface area contributed by atoms with Crippen molar-refractivity contribution in [3.05, 3.63) is 41.9 Å². The molecule has 0 N–H and O–H groups in total. The normalized spacial score (nSPS) is 12.7. The molecule has 0 radical (unpaired) electrons. The Labute approximate surface area is 109 Å². The summed E-state index contributed by atoms with van der Waals surface area (Å²) in [6, 6.07) is 6.12. The first-order valence-corrected chi connectivity index (χ1v) is 5.79. The predicted molar refractivity (Wildman–Crippen MR) is 65.1 cm³/mol. The van der Waals surface area contributed by atoms with Crippen molar-refractivity contribution in [2.75, 3.05) is 0 Å². The van der Waals surface area contributed by atoms with Gasteiger partial charge in [0.15, 0.2) is 11.5 Å². The van der Waals surface area contributed by atoms with Crippen molar-refractivity contribution in [1.29, 1.82) is 0 Å². The first-order valence-electron chi connectivity index (χ1n) is 5.79. The summed E-state index contributed by atoms with van der Waals surface area (Å²) in [7, 11) is 0.